The fraction of sp³-hybridized carbons (Fsp3) is 0.250. The summed E-state index contributed by atoms with van der Waals surface area (Å²) in [5.41, 5.74) is 3.62. The fourth-order valence-electron chi connectivity index (χ4n) is 3.61. The first-order chi connectivity index (χ1) is 12.7. The van der Waals surface area contributed by atoms with E-state index in [0.29, 0.717) is 6.42 Å². The van der Waals surface area contributed by atoms with Gasteiger partial charge in [-0.25, -0.2) is 9.67 Å². The van der Waals surface area contributed by atoms with E-state index in [9.17, 15) is 4.79 Å². The second kappa shape index (κ2) is 6.63. The minimum atomic E-state index is -0.279. The average Bonchev–Trinajstić information content (AvgIpc) is 3.32. The molecular formula is C20H20N4O2. The molecule has 1 aliphatic heterocycles. The molecule has 1 atom stereocenters. The molecule has 0 radical (unpaired) electrons. The van der Waals surface area contributed by atoms with Gasteiger partial charge in [0.05, 0.1) is 7.11 Å². The van der Waals surface area contributed by atoms with Crippen LogP contribution in [0.4, 0.5) is 0 Å². The van der Waals surface area contributed by atoms with Crippen LogP contribution >= 0.6 is 0 Å². The lowest BCUT2D eigenvalue weighted by Crippen LogP contribution is -2.28. The van der Waals surface area contributed by atoms with E-state index in [1.54, 1.807) is 13.4 Å². The lowest BCUT2D eigenvalue weighted by atomic mass is 9.88. The number of nitrogens with one attached hydrogen (secondary N) is 1. The smallest absolute Gasteiger partial charge is 0.165 e. The van der Waals surface area contributed by atoms with Crippen molar-refractivity contribution >= 4 is 5.78 Å². The molecule has 3 aromatic rings. The van der Waals surface area contributed by atoms with E-state index in [1.165, 1.54) is 0 Å². The first-order valence-corrected chi connectivity index (χ1v) is 8.55. The first kappa shape index (κ1) is 16.3. The number of hydrogen-bond acceptors (Lipinski definition) is 4. The Balaban J connectivity index is 1.74. The van der Waals surface area contributed by atoms with Crippen LogP contribution in [0.1, 0.15) is 30.0 Å². The van der Waals surface area contributed by atoms with E-state index in [4.69, 9.17) is 4.74 Å². The monoisotopic (exact) mass is 348 g/mol. The number of ketones is 1. The molecule has 0 amide bonds. The number of Topliss-reactive ketones (excluding diaryl/α,β-unsaturated/α-hetero) is 1. The Morgan fingerprint density at radius 2 is 2.15 bits per heavy atom. The maximum atomic E-state index is 13.3. The Hall–Kier alpha value is -3.15. The minimum absolute atomic E-state index is 0.0766. The molecule has 0 saturated carbocycles. The Bertz CT molecular complexity index is 969. The molecule has 0 bridgehead atoms. The zero-order valence-corrected chi connectivity index (χ0v) is 14.8. The van der Waals surface area contributed by atoms with Crippen LogP contribution in [0.5, 0.6) is 5.75 Å². The van der Waals surface area contributed by atoms with Crippen LogP contribution in [-0.4, -0.2) is 32.6 Å². The number of hydrogen-bond donors (Lipinski definition) is 1. The molecule has 1 aliphatic rings. The van der Waals surface area contributed by atoms with E-state index in [-0.39, 0.29) is 18.2 Å². The number of H-pyrrole nitrogens is 1. The minimum Gasteiger partial charge on any atom is -0.496 e. The van der Waals surface area contributed by atoms with Gasteiger partial charge in [-0.1, -0.05) is 23.8 Å². The number of para-hydroxylation sites is 1. The highest BCUT2D eigenvalue weighted by molar-refractivity contribution is 5.99. The molecule has 1 unspecified atom stereocenters. The first-order valence-electron chi connectivity index (χ1n) is 8.55. The largest absolute Gasteiger partial charge is 0.496 e. The number of ether oxygens (including phenoxy) is 1. The van der Waals surface area contributed by atoms with Gasteiger partial charge >= 0.3 is 0 Å². The van der Waals surface area contributed by atoms with E-state index in [1.807, 2.05) is 54.2 Å². The molecule has 0 spiro atoms. The summed E-state index contributed by atoms with van der Waals surface area (Å²) < 4.78 is 7.24. The third-order valence-corrected chi connectivity index (χ3v) is 4.81. The van der Waals surface area contributed by atoms with Crippen molar-refractivity contribution in [2.75, 3.05) is 7.11 Å². The molecule has 2 aromatic heterocycles. The van der Waals surface area contributed by atoms with Crippen molar-refractivity contribution in [2.45, 2.75) is 25.8 Å². The predicted molar refractivity (Wildman–Crippen MR) is 97.1 cm³/mol. The summed E-state index contributed by atoms with van der Waals surface area (Å²) in [4.78, 5) is 20.9. The van der Waals surface area contributed by atoms with E-state index in [2.05, 4.69) is 15.1 Å². The molecule has 4 rings (SSSR count). The second-order valence-electron chi connectivity index (χ2n) is 6.43. The van der Waals surface area contributed by atoms with Gasteiger partial charge in [0, 0.05) is 35.9 Å². The van der Waals surface area contributed by atoms with Gasteiger partial charge in [-0.3, -0.25) is 4.79 Å². The number of methoxy groups -OCH3 is 1. The third kappa shape index (κ3) is 2.73. The lowest BCUT2D eigenvalue weighted by Gasteiger charge is -2.27. The van der Waals surface area contributed by atoms with Gasteiger partial charge in [-0.05, 0) is 25.1 Å². The highest BCUT2D eigenvalue weighted by Gasteiger charge is 2.33. The second-order valence-corrected chi connectivity index (χ2v) is 6.43. The van der Waals surface area contributed by atoms with Crippen LogP contribution in [0.3, 0.4) is 0 Å². The summed E-state index contributed by atoms with van der Waals surface area (Å²) >= 11 is 0. The predicted octanol–water partition coefficient (Wildman–Crippen LogP) is 2.89. The standard InChI is InChI=1S/C20H20N4O2/c1-13-10-18-22-12-23-24(18)20(15-7-5-9-21-15)19(13)16(25)11-14-6-3-4-8-17(14)26-2/h3-9,12,20-21H,10-11H2,1-2H3. The molecule has 1 N–H and O–H groups in total. The van der Waals surface area contributed by atoms with Gasteiger partial charge in [0.1, 0.15) is 23.9 Å². The van der Waals surface area contributed by atoms with Crippen molar-refractivity contribution in [3.05, 3.63) is 77.2 Å². The van der Waals surface area contributed by atoms with Crippen LogP contribution < -0.4 is 4.74 Å². The summed E-state index contributed by atoms with van der Waals surface area (Å²) in [5, 5.41) is 4.38. The number of allylic oxidation sites excluding steroid dienone is 2. The van der Waals surface area contributed by atoms with E-state index < -0.39 is 0 Å². The van der Waals surface area contributed by atoms with Gasteiger partial charge in [-0.15, -0.1) is 0 Å². The zero-order valence-electron chi connectivity index (χ0n) is 14.8. The molecule has 0 aliphatic carbocycles. The third-order valence-electron chi connectivity index (χ3n) is 4.81. The maximum Gasteiger partial charge on any atom is 0.165 e. The number of carbonyl (C=O) groups excluding carboxylic acids is 1. The average molecular weight is 348 g/mol. The summed E-state index contributed by atoms with van der Waals surface area (Å²) in [6, 6.07) is 11.3. The van der Waals surface area contributed by atoms with Gasteiger partial charge < -0.3 is 9.72 Å². The highest BCUT2D eigenvalue weighted by atomic mass is 16.5. The Morgan fingerprint density at radius 1 is 1.31 bits per heavy atom. The summed E-state index contributed by atoms with van der Waals surface area (Å²) in [5.74, 6) is 1.68. The van der Waals surface area contributed by atoms with Crippen LogP contribution in [0.15, 0.2) is 60.1 Å². The van der Waals surface area contributed by atoms with E-state index >= 15 is 0 Å². The van der Waals surface area contributed by atoms with Crippen LogP contribution in [0.2, 0.25) is 0 Å². The Labute approximate surface area is 151 Å². The van der Waals surface area contributed by atoms with Crippen LogP contribution in [-0.2, 0) is 17.6 Å². The van der Waals surface area contributed by atoms with Crippen molar-refractivity contribution in [3.63, 3.8) is 0 Å². The van der Waals surface area contributed by atoms with Crippen LogP contribution in [0, 0.1) is 0 Å². The molecule has 132 valence electrons. The Kier molecular flexibility index (Phi) is 4.16. The summed E-state index contributed by atoms with van der Waals surface area (Å²) in [6.45, 7) is 2.00. The van der Waals surface area contributed by atoms with Gasteiger partial charge in [0.2, 0.25) is 0 Å². The number of aromatic nitrogens is 4. The quantitative estimate of drug-likeness (QED) is 0.769. The van der Waals surface area contributed by atoms with Gasteiger partial charge in [0.15, 0.2) is 5.78 Å². The van der Waals surface area contributed by atoms with Crippen molar-refractivity contribution < 1.29 is 9.53 Å². The molecule has 6 heteroatoms. The fourth-order valence-corrected chi connectivity index (χ4v) is 3.61. The highest BCUT2D eigenvalue weighted by Crippen LogP contribution is 2.35. The summed E-state index contributed by atoms with van der Waals surface area (Å²) in [6.07, 6.45) is 4.33. The van der Waals surface area contributed by atoms with Crippen LogP contribution in [0.25, 0.3) is 0 Å². The van der Waals surface area contributed by atoms with Crippen molar-refractivity contribution in [1.82, 2.24) is 19.7 Å². The van der Waals surface area contributed by atoms with Gasteiger partial charge in [0.25, 0.3) is 0 Å². The number of aromatic amines is 1. The number of fused-ring (bicyclic) bond motifs is 1. The lowest BCUT2D eigenvalue weighted by molar-refractivity contribution is -0.115. The Morgan fingerprint density at radius 3 is 2.92 bits per heavy atom. The SMILES string of the molecule is COc1ccccc1CC(=O)C1=C(C)Cc2ncnn2C1c1ccc[nH]1. The summed E-state index contributed by atoms with van der Waals surface area (Å²) in [7, 11) is 1.62. The van der Waals surface area contributed by atoms with E-state index in [0.717, 1.165) is 34.0 Å². The maximum absolute atomic E-state index is 13.3. The zero-order chi connectivity index (χ0) is 18.1. The normalized spacial score (nSPS) is 16.5. The van der Waals surface area contributed by atoms with Gasteiger partial charge in [-0.2, -0.15) is 5.10 Å². The number of benzene rings is 1. The molecule has 0 fully saturated rings. The molecule has 3 heterocycles. The molecule has 1 aromatic carbocycles. The molecular weight excluding hydrogens is 328 g/mol. The number of rotatable bonds is 5. The van der Waals surface area contributed by atoms with Crippen molar-refractivity contribution in [2.24, 2.45) is 0 Å². The molecule has 6 nitrogen and oxygen atoms in total. The topological polar surface area (TPSA) is 72.8 Å². The van der Waals surface area contributed by atoms with Crippen molar-refractivity contribution in [1.29, 1.82) is 0 Å². The number of nitrogens with zero attached hydrogens (tertiary/aromatic N) is 3. The van der Waals surface area contributed by atoms with Crippen molar-refractivity contribution in [3.8, 4) is 5.75 Å². The molecule has 26 heavy (non-hydrogen) atoms. The molecule has 0 saturated heterocycles. The number of carbonyl (C=O) groups is 1.